The molecule has 6 heteroatoms. The predicted molar refractivity (Wildman–Crippen MR) is 90.2 cm³/mol. The number of benzene rings is 1. The second-order valence-electron chi connectivity index (χ2n) is 5.25. The normalized spacial score (nSPS) is 12.9. The van der Waals surface area contributed by atoms with E-state index in [4.69, 9.17) is 17.3 Å². The second kappa shape index (κ2) is 7.40. The van der Waals surface area contributed by atoms with Gasteiger partial charge in [-0.1, -0.05) is 33.6 Å². The SMILES string of the molecule is CN(CCC(N)c1ccc(Br)cc1Cl)Cc1nccn1C. The van der Waals surface area contributed by atoms with Gasteiger partial charge in [0.15, 0.2) is 0 Å². The molecule has 21 heavy (non-hydrogen) atoms. The van der Waals surface area contributed by atoms with E-state index in [1.54, 1.807) is 0 Å². The Balaban J connectivity index is 1.88. The number of halogens is 2. The van der Waals surface area contributed by atoms with E-state index in [-0.39, 0.29) is 6.04 Å². The largest absolute Gasteiger partial charge is 0.337 e. The van der Waals surface area contributed by atoms with Crippen molar-refractivity contribution in [3.8, 4) is 0 Å². The molecule has 1 atom stereocenters. The van der Waals surface area contributed by atoms with Crippen LogP contribution in [-0.4, -0.2) is 28.0 Å². The van der Waals surface area contributed by atoms with Gasteiger partial charge in [0.1, 0.15) is 5.82 Å². The third kappa shape index (κ3) is 4.54. The van der Waals surface area contributed by atoms with Gasteiger partial charge >= 0.3 is 0 Å². The summed E-state index contributed by atoms with van der Waals surface area (Å²) in [5.74, 6) is 1.05. The van der Waals surface area contributed by atoms with Crippen LogP contribution in [0, 0.1) is 0 Å². The Kier molecular flexibility index (Phi) is 5.81. The lowest BCUT2D eigenvalue weighted by molar-refractivity contribution is 0.301. The third-order valence-electron chi connectivity index (χ3n) is 3.52. The minimum absolute atomic E-state index is 0.0607. The van der Waals surface area contributed by atoms with Crippen molar-refractivity contribution in [2.75, 3.05) is 13.6 Å². The fourth-order valence-electron chi connectivity index (χ4n) is 2.19. The molecular formula is C15H20BrClN4. The topological polar surface area (TPSA) is 47.1 Å². The number of hydrogen-bond acceptors (Lipinski definition) is 3. The lowest BCUT2D eigenvalue weighted by atomic mass is 10.0. The first-order chi connectivity index (χ1) is 9.97. The molecule has 1 aromatic heterocycles. The summed E-state index contributed by atoms with van der Waals surface area (Å²) < 4.78 is 3.00. The zero-order valence-electron chi connectivity index (χ0n) is 12.3. The zero-order valence-corrected chi connectivity index (χ0v) is 14.6. The summed E-state index contributed by atoms with van der Waals surface area (Å²) in [4.78, 5) is 6.55. The van der Waals surface area contributed by atoms with E-state index in [0.29, 0.717) is 5.02 Å². The molecular weight excluding hydrogens is 352 g/mol. The molecule has 0 saturated heterocycles. The summed E-state index contributed by atoms with van der Waals surface area (Å²) in [6.07, 6.45) is 4.62. The van der Waals surface area contributed by atoms with E-state index in [9.17, 15) is 0 Å². The fourth-order valence-corrected chi connectivity index (χ4v) is 3.00. The molecule has 0 aliphatic carbocycles. The van der Waals surface area contributed by atoms with Gasteiger partial charge in [0.05, 0.1) is 6.54 Å². The van der Waals surface area contributed by atoms with Gasteiger partial charge in [-0.3, -0.25) is 4.90 Å². The molecule has 0 saturated carbocycles. The number of hydrogen-bond donors (Lipinski definition) is 1. The molecule has 0 bridgehead atoms. The van der Waals surface area contributed by atoms with Gasteiger partial charge in [-0.25, -0.2) is 4.98 Å². The molecule has 1 unspecified atom stereocenters. The van der Waals surface area contributed by atoms with Gasteiger partial charge in [0.2, 0.25) is 0 Å². The summed E-state index contributed by atoms with van der Waals surface area (Å²) in [6, 6.07) is 5.78. The Bertz CT molecular complexity index is 599. The molecule has 2 rings (SSSR count). The number of aryl methyl sites for hydroxylation is 1. The molecule has 0 aliphatic rings. The summed E-state index contributed by atoms with van der Waals surface area (Å²) in [5.41, 5.74) is 7.24. The van der Waals surface area contributed by atoms with Crippen molar-refractivity contribution in [1.29, 1.82) is 0 Å². The van der Waals surface area contributed by atoms with Crippen LogP contribution in [0.15, 0.2) is 35.1 Å². The van der Waals surface area contributed by atoms with Gasteiger partial charge in [-0.05, 0) is 31.2 Å². The van der Waals surface area contributed by atoms with Crippen molar-refractivity contribution in [2.24, 2.45) is 12.8 Å². The lowest BCUT2D eigenvalue weighted by Gasteiger charge is -2.20. The number of nitrogens with two attached hydrogens (primary N) is 1. The molecule has 0 amide bonds. The van der Waals surface area contributed by atoms with Crippen LogP contribution in [0.4, 0.5) is 0 Å². The Morgan fingerprint density at radius 1 is 1.48 bits per heavy atom. The molecule has 114 valence electrons. The molecule has 0 fully saturated rings. The van der Waals surface area contributed by atoms with Crippen LogP contribution in [-0.2, 0) is 13.6 Å². The molecule has 0 radical (unpaired) electrons. The van der Waals surface area contributed by atoms with Gasteiger partial charge in [-0.2, -0.15) is 0 Å². The van der Waals surface area contributed by atoms with Crippen molar-refractivity contribution >= 4 is 27.5 Å². The average Bonchev–Trinajstić information content (AvgIpc) is 2.81. The predicted octanol–water partition coefficient (Wildman–Crippen LogP) is 3.36. The minimum atomic E-state index is -0.0607. The van der Waals surface area contributed by atoms with Crippen LogP contribution in [0.5, 0.6) is 0 Å². The van der Waals surface area contributed by atoms with Gasteiger partial charge in [-0.15, -0.1) is 0 Å². The first-order valence-electron chi connectivity index (χ1n) is 6.82. The van der Waals surface area contributed by atoms with E-state index >= 15 is 0 Å². The van der Waals surface area contributed by atoms with Crippen LogP contribution < -0.4 is 5.73 Å². The van der Waals surface area contributed by atoms with Crippen LogP contribution in [0.25, 0.3) is 0 Å². The highest BCUT2D eigenvalue weighted by atomic mass is 79.9. The summed E-state index contributed by atoms with van der Waals surface area (Å²) in [5, 5.41) is 0.712. The first-order valence-corrected chi connectivity index (χ1v) is 7.99. The summed E-state index contributed by atoms with van der Waals surface area (Å²) in [7, 11) is 4.08. The molecule has 0 spiro atoms. The van der Waals surface area contributed by atoms with E-state index in [2.05, 4.69) is 32.9 Å². The number of rotatable bonds is 6. The van der Waals surface area contributed by atoms with Gasteiger partial charge in [0, 0.05) is 41.5 Å². The monoisotopic (exact) mass is 370 g/mol. The lowest BCUT2D eigenvalue weighted by Crippen LogP contribution is -2.24. The first kappa shape index (κ1) is 16.5. The maximum Gasteiger partial charge on any atom is 0.122 e. The maximum atomic E-state index is 6.25. The van der Waals surface area contributed by atoms with E-state index in [0.717, 1.165) is 35.4 Å². The Morgan fingerprint density at radius 3 is 2.86 bits per heavy atom. The number of imidazole rings is 1. The maximum absolute atomic E-state index is 6.25. The van der Waals surface area contributed by atoms with E-state index < -0.39 is 0 Å². The van der Waals surface area contributed by atoms with Crippen LogP contribution >= 0.6 is 27.5 Å². The molecule has 0 aliphatic heterocycles. The molecule has 2 N–H and O–H groups in total. The van der Waals surface area contributed by atoms with Crippen LogP contribution in [0.2, 0.25) is 5.02 Å². The second-order valence-corrected chi connectivity index (χ2v) is 6.58. The van der Waals surface area contributed by atoms with Crippen LogP contribution in [0.1, 0.15) is 23.9 Å². The molecule has 1 heterocycles. The minimum Gasteiger partial charge on any atom is -0.337 e. The highest BCUT2D eigenvalue weighted by Gasteiger charge is 2.12. The zero-order chi connectivity index (χ0) is 15.4. The van der Waals surface area contributed by atoms with Crippen molar-refractivity contribution in [3.05, 3.63) is 51.5 Å². The summed E-state index contributed by atoms with van der Waals surface area (Å²) in [6.45, 7) is 1.70. The highest BCUT2D eigenvalue weighted by Crippen LogP contribution is 2.27. The number of aromatic nitrogens is 2. The smallest absolute Gasteiger partial charge is 0.122 e. The van der Waals surface area contributed by atoms with Gasteiger partial charge < -0.3 is 10.3 Å². The quantitative estimate of drug-likeness (QED) is 0.847. The third-order valence-corrected chi connectivity index (χ3v) is 4.34. The van der Waals surface area contributed by atoms with Gasteiger partial charge in [0.25, 0.3) is 0 Å². The van der Waals surface area contributed by atoms with Crippen molar-refractivity contribution in [3.63, 3.8) is 0 Å². The summed E-state index contributed by atoms with van der Waals surface area (Å²) >= 11 is 9.64. The Hall–Kier alpha value is -0.880. The Morgan fingerprint density at radius 2 is 2.24 bits per heavy atom. The van der Waals surface area contributed by atoms with Crippen molar-refractivity contribution in [2.45, 2.75) is 19.0 Å². The highest BCUT2D eigenvalue weighted by molar-refractivity contribution is 9.10. The van der Waals surface area contributed by atoms with Crippen molar-refractivity contribution < 1.29 is 0 Å². The molecule has 4 nitrogen and oxygen atoms in total. The fraction of sp³-hybridized carbons (Fsp3) is 0.400. The van der Waals surface area contributed by atoms with Crippen molar-refractivity contribution in [1.82, 2.24) is 14.5 Å². The standard InChI is InChI=1S/C15H20BrClN4/c1-20(10-15-19-6-8-21(15)2)7-5-14(18)12-4-3-11(16)9-13(12)17/h3-4,6,8-9,14H,5,7,10,18H2,1-2H3. The molecule has 1 aromatic carbocycles. The van der Waals surface area contributed by atoms with E-state index in [1.165, 1.54) is 0 Å². The van der Waals surface area contributed by atoms with E-state index in [1.807, 2.05) is 42.2 Å². The Labute approximate surface area is 139 Å². The van der Waals surface area contributed by atoms with Crippen LogP contribution in [0.3, 0.4) is 0 Å². The molecule has 2 aromatic rings. The number of nitrogens with zero attached hydrogens (tertiary/aromatic N) is 3. The average molecular weight is 372 g/mol.